The number of ether oxygens (including phenoxy) is 3. The lowest BCUT2D eigenvalue weighted by Gasteiger charge is -2.12. The molecule has 132 valence electrons. The van der Waals surface area contributed by atoms with Crippen molar-refractivity contribution in [3.8, 4) is 17.2 Å². The Morgan fingerprint density at radius 1 is 0.920 bits per heavy atom. The summed E-state index contributed by atoms with van der Waals surface area (Å²) in [5.41, 5.74) is 2.67. The molecule has 2 aromatic carbocycles. The fourth-order valence-electron chi connectivity index (χ4n) is 2.50. The van der Waals surface area contributed by atoms with Crippen molar-refractivity contribution in [1.82, 2.24) is 0 Å². The van der Waals surface area contributed by atoms with Crippen LogP contribution in [0.1, 0.15) is 41.3 Å². The third-order valence-electron chi connectivity index (χ3n) is 3.98. The zero-order valence-corrected chi connectivity index (χ0v) is 15.3. The second-order valence-electron chi connectivity index (χ2n) is 5.93. The topological polar surface area (TPSA) is 44.8 Å². The van der Waals surface area contributed by atoms with Crippen molar-refractivity contribution in [2.75, 3.05) is 21.3 Å². The fourth-order valence-corrected chi connectivity index (χ4v) is 2.50. The molecule has 0 aromatic heterocycles. The highest BCUT2D eigenvalue weighted by molar-refractivity contribution is 6.06. The average Bonchev–Trinajstić information content (AvgIpc) is 2.64. The molecule has 0 saturated heterocycles. The van der Waals surface area contributed by atoms with Gasteiger partial charge in [-0.25, -0.2) is 0 Å². The van der Waals surface area contributed by atoms with Gasteiger partial charge in [0.25, 0.3) is 0 Å². The van der Waals surface area contributed by atoms with E-state index >= 15 is 0 Å². The molecule has 0 saturated carbocycles. The minimum absolute atomic E-state index is 0.0518. The summed E-state index contributed by atoms with van der Waals surface area (Å²) in [5, 5.41) is 0. The lowest BCUT2D eigenvalue weighted by atomic mass is 10.0. The third-order valence-corrected chi connectivity index (χ3v) is 3.98. The summed E-state index contributed by atoms with van der Waals surface area (Å²) < 4.78 is 15.9. The van der Waals surface area contributed by atoms with Crippen LogP contribution >= 0.6 is 0 Å². The second kappa shape index (κ2) is 8.38. The van der Waals surface area contributed by atoms with Gasteiger partial charge in [-0.15, -0.1) is 0 Å². The van der Waals surface area contributed by atoms with Crippen molar-refractivity contribution in [3.63, 3.8) is 0 Å². The van der Waals surface area contributed by atoms with Crippen molar-refractivity contribution in [2.45, 2.75) is 19.8 Å². The number of methoxy groups -OCH3 is 3. The minimum atomic E-state index is -0.0518. The van der Waals surface area contributed by atoms with E-state index in [1.165, 1.54) is 5.56 Å². The number of benzene rings is 2. The summed E-state index contributed by atoms with van der Waals surface area (Å²) in [4.78, 5) is 12.4. The van der Waals surface area contributed by atoms with Gasteiger partial charge in [-0.3, -0.25) is 4.79 Å². The maximum absolute atomic E-state index is 12.4. The first-order chi connectivity index (χ1) is 12.0. The summed E-state index contributed by atoms with van der Waals surface area (Å²) in [6.45, 7) is 4.25. The quantitative estimate of drug-likeness (QED) is 0.540. The first kappa shape index (κ1) is 18.6. The number of hydrogen-bond acceptors (Lipinski definition) is 4. The predicted octanol–water partition coefficient (Wildman–Crippen LogP) is 4.73. The van der Waals surface area contributed by atoms with Crippen LogP contribution in [0.4, 0.5) is 0 Å². The summed E-state index contributed by atoms with van der Waals surface area (Å²) >= 11 is 0. The highest BCUT2D eigenvalue weighted by Gasteiger charge is 2.12. The standard InChI is InChI=1S/C21H24O4/c1-14(2)16-7-9-17(10-8-16)18(22)11-6-15-12-19(23-3)21(25-5)20(13-15)24-4/h6-14H,1-5H3. The van der Waals surface area contributed by atoms with Crippen LogP contribution < -0.4 is 14.2 Å². The van der Waals surface area contributed by atoms with Crippen LogP contribution in [0.3, 0.4) is 0 Å². The van der Waals surface area contributed by atoms with E-state index in [-0.39, 0.29) is 5.78 Å². The summed E-state index contributed by atoms with van der Waals surface area (Å²) in [5.74, 6) is 2.02. The van der Waals surface area contributed by atoms with Gasteiger partial charge in [0.05, 0.1) is 21.3 Å². The fraction of sp³-hybridized carbons (Fsp3) is 0.286. The largest absolute Gasteiger partial charge is 0.493 e. The molecule has 0 aliphatic rings. The Hall–Kier alpha value is -2.75. The Balaban J connectivity index is 2.24. The van der Waals surface area contributed by atoms with E-state index in [9.17, 15) is 4.79 Å². The van der Waals surface area contributed by atoms with Gasteiger partial charge in [0.2, 0.25) is 5.75 Å². The molecule has 0 radical (unpaired) electrons. The molecule has 0 amide bonds. The van der Waals surface area contributed by atoms with Gasteiger partial charge in [0.15, 0.2) is 17.3 Å². The Bertz CT molecular complexity index is 733. The van der Waals surface area contributed by atoms with Gasteiger partial charge < -0.3 is 14.2 Å². The Morgan fingerprint density at radius 3 is 1.92 bits per heavy atom. The smallest absolute Gasteiger partial charge is 0.203 e. The van der Waals surface area contributed by atoms with Gasteiger partial charge >= 0.3 is 0 Å². The predicted molar refractivity (Wildman–Crippen MR) is 100.0 cm³/mol. The molecule has 0 N–H and O–H groups in total. The minimum Gasteiger partial charge on any atom is -0.493 e. The zero-order valence-electron chi connectivity index (χ0n) is 15.3. The third kappa shape index (κ3) is 4.41. The van der Waals surface area contributed by atoms with Crippen molar-refractivity contribution in [2.24, 2.45) is 0 Å². The second-order valence-corrected chi connectivity index (χ2v) is 5.93. The summed E-state index contributed by atoms with van der Waals surface area (Å²) in [6.07, 6.45) is 3.29. The number of carbonyl (C=O) groups is 1. The zero-order chi connectivity index (χ0) is 18.4. The van der Waals surface area contributed by atoms with E-state index in [1.807, 2.05) is 24.3 Å². The molecule has 2 rings (SSSR count). The molecule has 0 fully saturated rings. The number of allylic oxidation sites excluding steroid dienone is 1. The van der Waals surface area contributed by atoms with Gasteiger partial charge in [-0.1, -0.05) is 44.2 Å². The van der Waals surface area contributed by atoms with Gasteiger partial charge in [0.1, 0.15) is 0 Å². The van der Waals surface area contributed by atoms with E-state index in [0.29, 0.717) is 28.7 Å². The number of hydrogen-bond donors (Lipinski definition) is 0. The van der Waals surface area contributed by atoms with E-state index in [0.717, 1.165) is 5.56 Å². The average molecular weight is 340 g/mol. The van der Waals surface area contributed by atoms with Crippen LogP contribution in [0.15, 0.2) is 42.5 Å². The Kier molecular flexibility index (Phi) is 6.23. The van der Waals surface area contributed by atoms with E-state index in [1.54, 1.807) is 45.6 Å². The van der Waals surface area contributed by atoms with Gasteiger partial charge in [-0.05, 0) is 35.3 Å². The molecule has 25 heavy (non-hydrogen) atoms. The van der Waals surface area contributed by atoms with Crippen LogP contribution in [-0.4, -0.2) is 27.1 Å². The van der Waals surface area contributed by atoms with Gasteiger partial charge in [0, 0.05) is 5.56 Å². The van der Waals surface area contributed by atoms with Crippen LogP contribution in [0.5, 0.6) is 17.2 Å². The maximum Gasteiger partial charge on any atom is 0.203 e. The number of rotatable bonds is 7. The highest BCUT2D eigenvalue weighted by atomic mass is 16.5. The lowest BCUT2D eigenvalue weighted by Crippen LogP contribution is -1.97. The molecule has 0 bridgehead atoms. The molecule has 4 heteroatoms. The monoisotopic (exact) mass is 340 g/mol. The molecular formula is C21H24O4. The van der Waals surface area contributed by atoms with Crippen LogP contribution in [-0.2, 0) is 0 Å². The molecule has 0 atom stereocenters. The van der Waals surface area contributed by atoms with Crippen molar-refractivity contribution < 1.29 is 19.0 Å². The SMILES string of the molecule is COc1cc(C=CC(=O)c2ccc(C(C)C)cc2)cc(OC)c1OC. The molecular weight excluding hydrogens is 316 g/mol. The molecule has 0 spiro atoms. The molecule has 0 aliphatic heterocycles. The van der Waals surface area contributed by atoms with E-state index in [4.69, 9.17) is 14.2 Å². The molecule has 2 aromatic rings. The first-order valence-corrected chi connectivity index (χ1v) is 8.12. The van der Waals surface area contributed by atoms with Crippen molar-refractivity contribution in [3.05, 3.63) is 59.2 Å². The highest BCUT2D eigenvalue weighted by Crippen LogP contribution is 2.38. The van der Waals surface area contributed by atoms with Crippen molar-refractivity contribution in [1.29, 1.82) is 0 Å². The van der Waals surface area contributed by atoms with Crippen LogP contribution in [0.2, 0.25) is 0 Å². The number of ketones is 1. The molecule has 0 heterocycles. The molecule has 4 nitrogen and oxygen atoms in total. The van der Waals surface area contributed by atoms with E-state index in [2.05, 4.69) is 13.8 Å². The normalized spacial score (nSPS) is 11.0. The molecule has 0 unspecified atom stereocenters. The van der Waals surface area contributed by atoms with E-state index < -0.39 is 0 Å². The Morgan fingerprint density at radius 2 is 1.48 bits per heavy atom. The van der Waals surface area contributed by atoms with Gasteiger partial charge in [-0.2, -0.15) is 0 Å². The van der Waals surface area contributed by atoms with Crippen LogP contribution in [0, 0.1) is 0 Å². The maximum atomic E-state index is 12.4. The first-order valence-electron chi connectivity index (χ1n) is 8.12. The molecule has 0 aliphatic carbocycles. The summed E-state index contributed by atoms with van der Waals surface area (Å²) in [6, 6.07) is 11.3. The Labute approximate surface area is 149 Å². The summed E-state index contributed by atoms with van der Waals surface area (Å²) in [7, 11) is 4.68. The number of carbonyl (C=O) groups excluding carboxylic acids is 1. The van der Waals surface area contributed by atoms with Crippen LogP contribution in [0.25, 0.3) is 6.08 Å². The lowest BCUT2D eigenvalue weighted by molar-refractivity contribution is 0.104. The van der Waals surface area contributed by atoms with Crippen molar-refractivity contribution >= 4 is 11.9 Å².